The van der Waals surface area contributed by atoms with E-state index in [1.165, 1.54) is 0 Å². The maximum atomic E-state index is 12.0. The molecule has 1 spiro atoms. The number of anilines is 2. The number of ether oxygens (including phenoxy) is 1. The highest BCUT2D eigenvalue weighted by Crippen LogP contribution is 2.43. The van der Waals surface area contributed by atoms with Crippen molar-refractivity contribution in [2.75, 3.05) is 30.3 Å². The number of nitrogen functional groups attached to an aromatic ring is 1. The van der Waals surface area contributed by atoms with Crippen LogP contribution >= 0.6 is 23.2 Å². The molecule has 0 bridgehead atoms. The van der Waals surface area contributed by atoms with E-state index in [-0.39, 0.29) is 39.9 Å². The summed E-state index contributed by atoms with van der Waals surface area (Å²) in [5, 5.41) is 10.4. The zero-order chi connectivity index (χ0) is 21.6. The number of hydrogen-bond donors (Lipinski definition) is 3. The first-order valence-corrected chi connectivity index (χ1v) is 10.5. The second-order valence-corrected chi connectivity index (χ2v) is 8.71. The molecule has 160 valence electrons. The molecule has 2 aliphatic rings. The number of rotatable bonds is 3. The molecular weight excluding hydrogens is 429 g/mol. The van der Waals surface area contributed by atoms with Gasteiger partial charge in [-0.1, -0.05) is 29.3 Å². The van der Waals surface area contributed by atoms with E-state index in [9.17, 15) is 9.90 Å². The Balaban J connectivity index is 1.68. The molecule has 2 aromatic rings. The predicted octanol–water partition coefficient (Wildman–Crippen LogP) is 3.06. The molecular formula is C20H23Cl2N5O3. The molecule has 1 aromatic heterocycles. The number of benzene rings is 1. The van der Waals surface area contributed by atoms with Crippen molar-refractivity contribution in [2.45, 2.75) is 31.9 Å². The van der Waals surface area contributed by atoms with Crippen LogP contribution in [0.15, 0.2) is 18.2 Å². The number of hydrogen-bond acceptors (Lipinski definition) is 7. The molecule has 0 unspecified atom stereocenters. The number of carboxylic acids is 1. The van der Waals surface area contributed by atoms with E-state index in [1.54, 1.807) is 18.2 Å². The van der Waals surface area contributed by atoms with E-state index in [0.717, 1.165) is 12.8 Å². The smallest absolute Gasteiger partial charge is 0.356 e. The van der Waals surface area contributed by atoms with Crippen molar-refractivity contribution in [1.82, 2.24) is 9.97 Å². The maximum absolute atomic E-state index is 12.0. The number of aromatic nitrogens is 2. The molecule has 0 amide bonds. The van der Waals surface area contributed by atoms with Gasteiger partial charge in [0, 0.05) is 30.1 Å². The molecule has 2 atom stereocenters. The summed E-state index contributed by atoms with van der Waals surface area (Å²) in [7, 11) is 0. The van der Waals surface area contributed by atoms with Crippen LogP contribution in [0, 0.1) is 5.41 Å². The van der Waals surface area contributed by atoms with Crippen molar-refractivity contribution in [3.63, 3.8) is 0 Å². The lowest BCUT2D eigenvalue weighted by atomic mass is 9.73. The lowest BCUT2D eigenvalue weighted by Crippen LogP contribution is -2.51. The van der Waals surface area contributed by atoms with Crippen molar-refractivity contribution in [3.05, 3.63) is 33.9 Å². The highest BCUT2D eigenvalue weighted by Gasteiger charge is 2.48. The monoisotopic (exact) mass is 451 g/mol. The molecule has 10 heteroatoms. The first-order chi connectivity index (χ1) is 14.2. The van der Waals surface area contributed by atoms with Crippen LogP contribution in [0.2, 0.25) is 10.0 Å². The second-order valence-electron chi connectivity index (χ2n) is 7.93. The standard InChI is InChI=1S/C20H23Cl2N5O3/c1-10-16(23)20(9-30-10)5-7-27(8-6-20)15-14(19(28)29)25-18(26-17(15)24)11-3-2-4-12(21)13(11)22/h2-4,10,16H,5-9,23H2,1H3,(H,28,29)(H2,24,25,26)/t10-,16+/m0/s1. The summed E-state index contributed by atoms with van der Waals surface area (Å²) in [5.41, 5.74) is 13.1. The van der Waals surface area contributed by atoms with Gasteiger partial charge < -0.3 is 26.2 Å². The van der Waals surface area contributed by atoms with Crippen LogP contribution in [0.3, 0.4) is 0 Å². The van der Waals surface area contributed by atoms with Gasteiger partial charge in [0.05, 0.1) is 22.8 Å². The van der Waals surface area contributed by atoms with Gasteiger partial charge in [-0.05, 0) is 31.9 Å². The Morgan fingerprint density at radius 3 is 2.60 bits per heavy atom. The van der Waals surface area contributed by atoms with E-state index in [0.29, 0.717) is 36.0 Å². The molecule has 0 saturated carbocycles. The third-order valence-corrected chi connectivity index (χ3v) is 7.05. The summed E-state index contributed by atoms with van der Waals surface area (Å²) in [5.74, 6) is -0.979. The van der Waals surface area contributed by atoms with E-state index >= 15 is 0 Å². The van der Waals surface area contributed by atoms with Crippen LogP contribution in [-0.4, -0.2) is 52.9 Å². The number of carboxylic acid groups (broad SMARTS) is 1. The molecule has 30 heavy (non-hydrogen) atoms. The Hall–Kier alpha value is -2.13. The fraction of sp³-hybridized carbons (Fsp3) is 0.450. The highest BCUT2D eigenvalue weighted by atomic mass is 35.5. The van der Waals surface area contributed by atoms with Gasteiger partial charge in [-0.15, -0.1) is 0 Å². The number of nitrogens with zero attached hydrogens (tertiary/aromatic N) is 3. The van der Waals surface area contributed by atoms with Crippen LogP contribution in [-0.2, 0) is 4.74 Å². The molecule has 5 N–H and O–H groups in total. The summed E-state index contributed by atoms with van der Waals surface area (Å²) in [6.07, 6.45) is 1.57. The molecule has 4 rings (SSSR count). The number of piperidine rings is 1. The van der Waals surface area contributed by atoms with Crippen molar-refractivity contribution in [1.29, 1.82) is 0 Å². The zero-order valence-corrected chi connectivity index (χ0v) is 18.0. The SMILES string of the molecule is C[C@@H]1OCC2(CCN(c3c(N)nc(-c4cccc(Cl)c4Cl)nc3C(=O)O)CC2)[C@@H]1N. The average molecular weight is 452 g/mol. The van der Waals surface area contributed by atoms with Crippen molar-refractivity contribution >= 4 is 40.7 Å². The zero-order valence-electron chi connectivity index (χ0n) is 16.4. The first-order valence-electron chi connectivity index (χ1n) is 9.71. The third kappa shape index (κ3) is 3.47. The van der Waals surface area contributed by atoms with Crippen LogP contribution < -0.4 is 16.4 Å². The minimum Gasteiger partial charge on any atom is -0.476 e. The lowest BCUT2D eigenvalue weighted by molar-refractivity contribution is 0.0690. The van der Waals surface area contributed by atoms with Crippen molar-refractivity contribution in [3.8, 4) is 11.4 Å². The van der Waals surface area contributed by atoms with Crippen LogP contribution in [0.25, 0.3) is 11.4 Å². The lowest BCUT2D eigenvalue weighted by Gasteiger charge is -2.42. The van der Waals surface area contributed by atoms with Gasteiger partial charge in [0.1, 0.15) is 5.69 Å². The van der Waals surface area contributed by atoms with Crippen LogP contribution in [0.5, 0.6) is 0 Å². The fourth-order valence-corrected chi connectivity index (χ4v) is 4.76. The minimum atomic E-state index is -1.19. The largest absolute Gasteiger partial charge is 0.476 e. The van der Waals surface area contributed by atoms with Gasteiger partial charge in [0.15, 0.2) is 17.3 Å². The van der Waals surface area contributed by atoms with E-state index in [4.69, 9.17) is 39.4 Å². The molecule has 8 nitrogen and oxygen atoms in total. The summed E-state index contributed by atoms with van der Waals surface area (Å²) in [6.45, 7) is 3.79. The predicted molar refractivity (Wildman–Crippen MR) is 116 cm³/mol. The number of carbonyl (C=O) groups is 1. The van der Waals surface area contributed by atoms with Gasteiger partial charge in [-0.3, -0.25) is 0 Å². The quantitative estimate of drug-likeness (QED) is 0.649. The third-order valence-electron chi connectivity index (χ3n) is 6.23. The highest BCUT2D eigenvalue weighted by molar-refractivity contribution is 6.43. The van der Waals surface area contributed by atoms with Gasteiger partial charge in [-0.2, -0.15) is 0 Å². The van der Waals surface area contributed by atoms with Crippen LogP contribution in [0.4, 0.5) is 11.5 Å². The molecule has 1 aromatic carbocycles. The Labute approximate surface area is 184 Å². The van der Waals surface area contributed by atoms with E-state index < -0.39 is 5.97 Å². The minimum absolute atomic E-state index is 0.0151. The first kappa shape index (κ1) is 21.1. The summed E-state index contributed by atoms with van der Waals surface area (Å²) in [6, 6.07) is 4.95. The number of halogens is 2. The van der Waals surface area contributed by atoms with Crippen molar-refractivity contribution < 1.29 is 14.6 Å². The average Bonchev–Trinajstić information content (AvgIpc) is 2.99. The Morgan fingerprint density at radius 1 is 1.30 bits per heavy atom. The van der Waals surface area contributed by atoms with Crippen molar-refractivity contribution in [2.24, 2.45) is 11.1 Å². The van der Waals surface area contributed by atoms with Gasteiger partial charge in [-0.25, -0.2) is 14.8 Å². The van der Waals surface area contributed by atoms with Gasteiger partial charge >= 0.3 is 5.97 Å². The topological polar surface area (TPSA) is 128 Å². The van der Waals surface area contributed by atoms with E-state index in [1.807, 2.05) is 11.8 Å². The summed E-state index contributed by atoms with van der Waals surface area (Å²) >= 11 is 12.3. The Morgan fingerprint density at radius 2 is 2.00 bits per heavy atom. The Kier molecular flexibility index (Phi) is 5.52. The van der Waals surface area contributed by atoms with Crippen LogP contribution in [0.1, 0.15) is 30.3 Å². The number of nitrogens with two attached hydrogens (primary N) is 2. The molecule has 2 fully saturated rings. The summed E-state index contributed by atoms with van der Waals surface area (Å²) < 4.78 is 5.76. The van der Waals surface area contributed by atoms with E-state index in [2.05, 4.69) is 9.97 Å². The molecule has 0 aliphatic carbocycles. The maximum Gasteiger partial charge on any atom is 0.356 e. The molecule has 2 aliphatic heterocycles. The summed E-state index contributed by atoms with van der Waals surface area (Å²) in [4.78, 5) is 22.6. The molecule has 3 heterocycles. The molecule has 0 radical (unpaired) electrons. The Bertz CT molecular complexity index is 995. The normalized spacial score (nSPS) is 23.1. The fourth-order valence-electron chi connectivity index (χ4n) is 4.38. The second kappa shape index (κ2) is 7.85. The molecule has 2 saturated heterocycles. The van der Waals surface area contributed by atoms with Gasteiger partial charge in [0.2, 0.25) is 0 Å². The number of aromatic carboxylic acids is 1. The van der Waals surface area contributed by atoms with Gasteiger partial charge in [0.25, 0.3) is 0 Å².